The molecule has 0 aliphatic carbocycles. The van der Waals surface area contributed by atoms with Gasteiger partial charge in [-0.05, 0) is 0 Å². The molecule has 54 valence electrons. The van der Waals surface area contributed by atoms with E-state index in [0.29, 0.717) is 0 Å². The van der Waals surface area contributed by atoms with Crippen molar-refractivity contribution in [3.63, 3.8) is 0 Å². The van der Waals surface area contributed by atoms with E-state index in [1.807, 2.05) is 0 Å². The van der Waals surface area contributed by atoms with Gasteiger partial charge in [-0.25, -0.2) is 4.79 Å². The molecule has 0 amide bonds. The van der Waals surface area contributed by atoms with Crippen molar-refractivity contribution >= 4 is 6.16 Å². The zero-order valence-corrected chi connectivity index (χ0v) is 4.79. The van der Waals surface area contributed by atoms with Gasteiger partial charge in [0.2, 0.25) is 0 Å². The van der Waals surface area contributed by atoms with Gasteiger partial charge >= 0.3 is 6.16 Å². The van der Waals surface area contributed by atoms with Gasteiger partial charge in [0.25, 0.3) is 0 Å². The molecule has 0 aromatic heterocycles. The van der Waals surface area contributed by atoms with Crippen LogP contribution in [0.25, 0.3) is 0 Å². The van der Waals surface area contributed by atoms with Crippen LogP contribution in [0.3, 0.4) is 0 Å². The zero-order chi connectivity index (χ0) is 3.58. The fraction of sp³-hybridized carbons (Fsp3) is 0. The van der Waals surface area contributed by atoms with E-state index in [0.717, 1.165) is 0 Å². The summed E-state index contributed by atoms with van der Waals surface area (Å²) >= 11 is 0. The van der Waals surface area contributed by atoms with Crippen LogP contribution in [0.4, 0.5) is 4.79 Å². The normalized spacial score (nSPS) is 3.43. The molecule has 0 saturated carbocycles. The smallest absolute Gasteiger partial charge is 0.450 e. The Labute approximate surface area is 61.2 Å². The maximum atomic E-state index is 8.56. The fourth-order valence-corrected chi connectivity index (χ4v) is 0. The Hall–Kier alpha value is 0.269. The van der Waals surface area contributed by atoms with Crippen molar-refractivity contribution in [3.8, 4) is 0 Å². The molecule has 6 heteroatoms. The van der Waals surface area contributed by atoms with Crippen LogP contribution < -0.4 is 0 Å². The van der Waals surface area contributed by atoms with Crippen LogP contribution in [-0.4, -0.2) is 21.8 Å². The van der Waals surface area contributed by atoms with Gasteiger partial charge in [0, 0.05) is 34.1 Å². The summed E-state index contributed by atoms with van der Waals surface area (Å²) in [6.45, 7) is 0. The van der Waals surface area contributed by atoms with E-state index in [-0.39, 0.29) is 39.6 Å². The number of carboxylic acid groups (broad SMARTS) is 2. The molecule has 0 bridgehead atoms. The fourth-order valence-electron chi connectivity index (χ4n) is 0. The SMILES string of the molecule is O.O=C(O)O.[Cu].[Cu]. The molecule has 0 rings (SSSR count). The second-order valence-corrected chi connectivity index (χ2v) is 0.283. The standard InChI is InChI=1S/CH2O3.2Cu.H2O/c2-1(3)4;;;/h(H2,2,3,4);;;1H2. The van der Waals surface area contributed by atoms with Gasteiger partial charge < -0.3 is 15.7 Å². The zero-order valence-electron chi connectivity index (χ0n) is 2.91. The monoisotopic (exact) mass is 206 g/mol. The maximum absolute atomic E-state index is 8.56. The topological polar surface area (TPSA) is 89.0 Å². The third kappa shape index (κ3) is 1580. The molecule has 4 N–H and O–H groups in total. The van der Waals surface area contributed by atoms with Crippen molar-refractivity contribution in [1.82, 2.24) is 0 Å². The first-order valence-electron chi connectivity index (χ1n) is 0.651. The van der Waals surface area contributed by atoms with Gasteiger partial charge in [0.15, 0.2) is 0 Å². The van der Waals surface area contributed by atoms with Crippen LogP contribution in [0.2, 0.25) is 0 Å². The summed E-state index contributed by atoms with van der Waals surface area (Å²) in [6.07, 6.45) is -1.83. The number of hydrogen-bond acceptors (Lipinski definition) is 1. The van der Waals surface area contributed by atoms with Crippen molar-refractivity contribution in [2.45, 2.75) is 0 Å². The molecule has 0 fully saturated rings. The molecule has 0 atom stereocenters. The summed E-state index contributed by atoms with van der Waals surface area (Å²) in [5, 5.41) is 13.9. The molecule has 0 aromatic rings. The molecule has 0 aliphatic heterocycles. The first-order valence-corrected chi connectivity index (χ1v) is 0.651. The Morgan fingerprint density at radius 2 is 1.14 bits per heavy atom. The minimum Gasteiger partial charge on any atom is -0.450 e. The van der Waals surface area contributed by atoms with E-state index in [1.165, 1.54) is 0 Å². The molecule has 0 aromatic carbocycles. The number of hydrogen-bond donors (Lipinski definition) is 2. The van der Waals surface area contributed by atoms with Crippen molar-refractivity contribution in [3.05, 3.63) is 0 Å². The van der Waals surface area contributed by atoms with Crippen LogP contribution in [-0.2, 0) is 34.1 Å². The van der Waals surface area contributed by atoms with E-state index < -0.39 is 6.16 Å². The summed E-state index contributed by atoms with van der Waals surface area (Å²) in [5.74, 6) is 0. The Kier molecular flexibility index (Phi) is 62.2. The molecule has 2 radical (unpaired) electrons. The molecule has 0 heterocycles. The molecular formula is CH4Cu2O4. The minimum atomic E-state index is -1.83. The van der Waals surface area contributed by atoms with Gasteiger partial charge in [-0.15, -0.1) is 0 Å². The maximum Gasteiger partial charge on any atom is 0.503 e. The quantitative estimate of drug-likeness (QED) is 0.519. The second-order valence-electron chi connectivity index (χ2n) is 0.283. The summed E-state index contributed by atoms with van der Waals surface area (Å²) in [7, 11) is 0. The minimum absolute atomic E-state index is 0. The van der Waals surface area contributed by atoms with Gasteiger partial charge in [-0.3, -0.25) is 0 Å². The van der Waals surface area contributed by atoms with E-state index in [4.69, 9.17) is 15.0 Å². The second kappa shape index (κ2) is 16.3. The summed E-state index contributed by atoms with van der Waals surface area (Å²) in [6, 6.07) is 0. The first kappa shape index (κ1) is 26.7. The molecule has 7 heavy (non-hydrogen) atoms. The van der Waals surface area contributed by atoms with Crippen LogP contribution in [0.5, 0.6) is 0 Å². The number of rotatable bonds is 0. The Morgan fingerprint density at radius 3 is 1.14 bits per heavy atom. The van der Waals surface area contributed by atoms with Crippen LogP contribution in [0, 0.1) is 0 Å². The van der Waals surface area contributed by atoms with E-state index >= 15 is 0 Å². The van der Waals surface area contributed by atoms with Gasteiger partial charge in [0.05, 0.1) is 0 Å². The third-order valence-corrected chi connectivity index (χ3v) is 0. The van der Waals surface area contributed by atoms with Crippen LogP contribution in [0.1, 0.15) is 0 Å². The molecule has 0 spiro atoms. The Bertz CT molecular complexity index is 32.7. The van der Waals surface area contributed by atoms with Gasteiger partial charge in [0.1, 0.15) is 0 Å². The van der Waals surface area contributed by atoms with Crippen LogP contribution >= 0.6 is 0 Å². The average molecular weight is 207 g/mol. The predicted octanol–water partition coefficient (Wildman–Crippen LogP) is -0.607. The summed E-state index contributed by atoms with van der Waals surface area (Å²) in [5.41, 5.74) is 0. The van der Waals surface area contributed by atoms with E-state index in [2.05, 4.69) is 0 Å². The predicted molar refractivity (Wildman–Crippen MR) is 14.3 cm³/mol. The Morgan fingerprint density at radius 1 is 1.14 bits per heavy atom. The van der Waals surface area contributed by atoms with Gasteiger partial charge in [-0.1, -0.05) is 0 Å². The average Bonchev–Trinajstić information content (AvgIpc) is 0.811. The van der Waals surface area contributed by atoms with Crippen molar-refractivity contribution < 1.29 is 54.6 Å². The number of carbonyl (C=O) groups is 1. The van der Waals surface area contributed by atoms with Crippen molar-refractivity contribution in [2.24, 2.45) is 0 Å². The summed E-state index contributed by atoms with van der Waals surface area (Å²) in [4.78, 5) is 8.56. The molecule has 4 nitrogen and oxygen atoms in total. The third-order valence-electron chi connectivity index (χ3n) is 0. The van der Waals surface area contributed by atoms with Crippen LogP contribution in [0.15, 0.2) is 0 Å². The largest absolute Gasteiger partial charge is 0.503 e. The molecule has 0 aliphatic rings. The van der Waals surface area contributed by atoms with E-state index in [9.17, 15) is 0 Å². The summed E-state index contributed by atoms with van der Waals surface area (Å²) < 4.78 is 0. The van der Waals surface area contributed by atoms with Crippen molar-refractivity contribution in [1.29, 1.82) is 0 Å². The first-order chi connectivity index (χ1) is 1.73. The van der Waals surface area contributed by atoms with Crippen molar-refractivity contribution in [2.75, 3.05) is 0 Å². The molecular weight excluding hydrogens is 203 g/mol. The molecule has 0 unspecified atom stereocenters. The molecule has 0 saturated heterocycles. The van der Waals surface area contributed by atoms with Gasteiger partial charge in [-0.2, -0.15) is 0 Å². The van der Waals surface area contributed by atoms with E-state index in [1.54, 1.807) is 0 Å². The Balaban J connectivity index is -0.0000000150.